The molecule has 1 saturated heterocycles. The molecule has 1 fully saturated rings. The van der Waals surface area contributed by atoms with Crippen LogP contribution in [0.15, 0.2) is 41.6 Å². The fourth-order valence-electron chi connectivity index (χ4n) is 2.48. The Morgan fingerprint density at radius 3 is 3.17 bits per heavy atom. The van der Waals surface area contributed by atoms with Crippen molar-refractivity contribution in [1.29, 1.82) is 0 Å². The molecule has 2 heterocycles. The summed E-state index contributed by atoms with van der Waals surface area (Å²) in [6, 6.07) is 8.65. The lowest BCUT2D eigenvalue weighted by Gasteiger charge is -2.14. The van der Waals surface area contributed by atoms with Crippen molar-refractivity contribution in [1.82, 2.24) is 10.3 Å². The molecule has 1 aromatic heterocycles. The molecule has 0 spiro atoms. The van der Waals surface area contributed by atoms with Gasteiger partial charge in [0.2, 0.25) is 0 Å². The van der Waals surface area contributed by atoms with Gasteiger partial charge in [-0.2, -0.15) is 0 Å². The first-order chi connectivity index (χ1) is 8.93. The average Bonchev–Trinajstić information content (AvgIpc) is 2.68. The summed E-state index contributed by atoms with van der Waals surface area (Å²) in [5.41, 5.74) is 0. The number of rotatable bonds is 2. The lowest BCUT2D eigenvalue weighted by molar-refractivity contribution is 0.703. The van der Waals surface area contributed by atoms with Crippen LogP contribution in [0.25, 0.3) is 10.8 Å². The van der Waals surface area contributed by atoms with Crippen LogP contribution in [0.5, 0.6) is 0 Å². The monoisotopic (exact) mass is 258 g/mol. The van der Waals surface area contributed by atoms with Gasteiger partial charge in [-0.05, 0) is 49.9 Å². The molecule has 2 aromatic rings. The Hall–Kier alpha value is -1.06. The quantitative estimate of drug-likeness (QED) is 0.893. The van der Waals surface area contributed by atoms with Crippen molar-refractivity contribution >= 4 is 22.5 Å². The second kappa shape index (κ2) is 5.72. The normalized spacial score (nSPS) is 20.8. The zero-order chi connectivity index (χ0) is 12.2. The zero-order valence-electron chi connectivity index (χ0n) is 10.4. The van der Waals surface area contributed by atoms with Crippen LogP contribution < -0.4 is 5.32 Å². The molecule has 18 heavy (non-hydrogen) atoms. The number of benzene rings is 1. The highest BCUT2D eigenvalue weighted by molar-refractivity contribution is 8.00. The van der Waals surface area contributed by atoms with Crippen molar-refractivity contribution in [3.8, 4) is 0 Å². The maximum Gasteiger partial charge on any atom is 0.0346 e. The lowest BCUT2D eigenvalue weighted by Crippen LogP contribution is -2.14. The summed E-state index contributed by atoms with van der Waals surface area (Å²) in [4.78, 5) is 5.60. The van der Waals surface area contributed by atoms with E-state index in [0.717, 1.165) is 11.8 Å². The van der Waals surface area contributed by atoms with E-state index in [1.807, 2.05) is 24.2 Å². The van der Waals surface area contributed by atoms with E-state index in [9.17, 15) is 0 Å². The van der Waals surface area contributed by atoms with Gasteiger partial charge in [0.15, 0.2) is 0 Å². The van der Waals surface area contributed by atoms with Gasteiger partial charge in [0, 0.05) is 27.9 Å². The number of nitrogens with one attached hydrogen (secondary N) is 1. The highest BCUT2D eigenvalue weighted by Gasteiger charge is 2.14. The SMILES string of the molecule is c1cc(SC2CCCNCC2)c2ccncc2c1. The summed E-state index contributed by atoms with van der Waals surface area (Å²) in [6.45, 7) is 2.33. The standard InChI is InChI=1S/C15H18N2S/c1-3-12-11-17-10-7-14(12)15(5-1)18-13-4-2-8-16-9-6-13/h1,3,5,7,10-11,13,16H,2,4,6,8-9H2. The van der Waals surface area contributed by atoms with E-state index in [-0.39, 0.29) is 0 Å². The van der Waals surface area contributed by atoms with E-state index in [1.54, 1.807) is 0 Å². The highest BCUT2D eigenvalue weighted by atomic mass is 32.2. The Balaban J connectivity index is 1.85. The van der Waals surface area contributed by atoms with Crippen LogP contribution in [0.4, 0.5) is 0 Å². The molecule has 1 N–H and O–H groups in total. The van der Waals surface area contributed by atoms with Crippen LogP contribution in [0.1, 0.15) is 19.3 Å². The van der Waals surface area contributed by atoms with Gasteiger partial charge in [-0.25, -0.2) is 0 Å². The van der Waals surface area contributed by atoms with E-state index in [0.29, 0.717) is 0 Å². The molecular formula is C15H18N2S. The summed E-state index contributed by atoms with van der Waals surface area (Å²) >= 11 is 2.04. The maximum absolute atomic E-state index is 4.20. The molecule has 94 valence electrons. The topological polar surface area (TPSA) is 24.9 Å². The highest BCUT2D eigenvalue weighted by Crippen LogP contribution is 2.33. The second-order valence-corrected chi connectivity index (χ2v) is 6.12. The number of hydrogen-bond acceptors (Lipinski definition) is 3. The van der Waals surface area contributed by atoms with Crippen LogP contribution in [0.3, 0.4) is 0 Å². The van der Waals surface area contributed by atoms with E-state index in [4.69, 9.17) is 0 Å². The summed E-state index contributed by atoms with van der Waals surface area (Å²) < 4.78 is 0. The minimum atomic E-state index is 0.749. The Labute approximate surface area is 112 Å². The second-order valence-electron chi connectivity index (χ2n) is 4.77. The molecule has 1 aliphatic rings. The maximum atomic E-state index is 4.20. The van der Waals surface area contributed by atoms with Crippen LogP contribution in [-0.4, -0.2) is 23.3 Å². The molecule has 0 saturated carbocycles. The fourth-order valence-corrected chi connectivity index (χ4v) is 3.83. The van der Waals surface area contributed by atoms with Crippen molar-refractivity contribution in [2.75, 3.05) is 13.1 Å². The van der Waals surface area contributed by atoms with E-state index in [1.165, 1.54) is 41.5 Å². The van der Waals surface area contributed by atoms with Crippen LogP contribution >= 0.6 is 11.8 Å². The third-order valence-electron chi connectivity index (χ3n) is 3.46. The minimum absolute atomic E-state index is 0.749. The van der Waals surface area contributed by atoms with Crippen LogP contribution in [-0.2, 0) is 0 Å². The van der Waals surface area contributed by atoms with Gasteiger partial charge in [0.25, 0.3) is 0 Å². The molecule has 1 aliphatic heterocycles. The molecule has 2 nitrogen and oxygen atoms in total. The number of pyridine rings is 1. The number of nitrogens with zero attached hydrogens (tertiary/aromatic N) is 1. The average molecular weight is 258 g/mol. The minimum Gasteiger partial charge on any atom is -0.317 e. The summed E-state index contributed by atoms with van der Waals surface area (Å²) in [5.74, 6) is 0. The molecule has 0 aliphatic carbocycles. The first kappa shape index (κ1) is 12.0. The van der Waals surface area contributed by atoms with Gasteiger partial charge in [0.1, 0.15) is 0 Å². The Bertz CT molecular complexity index is 513. The molecular weight excluding hydrogens is 240 g/mol. The third-order valence-corrected chi connectivity index (χ3v) is 4.87. The van der Waals surface area contributed by atoms with E-state index >= 15 is 0 Å². The summed E-state index contributed by atoms with van der Waals surface area (Å²) in [6.07, 6.45) is 7.73. The molecule has 1 unspecified atom stereocenters. The summed E-state index contributed by atoms with van der Waals surface area (Å²) in [5, 5.41) is 6.81. The van der Waals surface area contributed by atoms with E-state index < -0.39 is 0 Å². The molecule has 1 atom stereocenters. The predicted octanol–water partition coefficient (Wildman–Crippen LogP) is 3.47. The number of aromatic nitrogens is 1. The smallest absolute Gasteiger partial charge is 0.0346 e. The number of fused-ring (bicyclic) bond motifs is 1. The largest absolute Gasteiger partial charge is 0.317 e. The number of hydrogen-bond donors (Lipinski definition) is 1. The first-order valence-corrected chi connectivity index (χ1v) is 7.51. The van der Waals surface area contributed by atoms with Gasteiger partial charge >= 0.3 is 0 Å². The van der Waals surface area contributed by atoms with Gasteiger partial charge in [-0.15, -0.1) is 11.8 Å². The van der Waals surface area contributed by atoms with Gasteiger partial charge < -0.3 is 5.32 Å². The van der Waals surface area contributed by atoms with Crippen LogP contribution in [0, 0.1) is 0 Å². The fraction of sp³-hybridized carbons (Fsp3) is 0.400. The molecule has 1 aromatic carbocycles. The molecule has 0 radical (unpaired) electrons. The Morgan fingerprint density at radius 1 is 1.17 bits per heavy atom. The molecule has 0 bridgehead atoms. The van der Waals surface area contributed by atoms with Crippen molar-refractivity contribution in [3.63, 3.8) is 0 Å². The summed E-state index contributed by atoms with van der Waals surface area (Å²) in [7, 11) is 0. The lowest BCUT2D eigenvalue weighted by atomic mass is 10.2. The Kier molecular flexibility index (Phi) is 3.81. The Morgan fingerprint density at radius 2 is 2.17 bits per heavy atom. The van der Waals surface area contributed by atoms with Crippen molar-refractivity contribution < 1.29 is 0 Å². The van der Waals surface area contributed by atoms with Gasteiger partial charge in [0.05, 0.1) is 0 Å². The molecule has 3 heteroatoms. The van der Waals surface area contributed by atoms with Crippen molar-refractivity contribution in [3.05, 3.63) is 36.7 Å². The van der Waals surface area contributed by atoms with Gasteiger partial charge in [-0.1, -0.05) is 12.1 Å². The molecule has 0 amide bonds. The third kappa shape index (κ3) is 2.68. The van der Waals surface area contributed by atoms with Crippen LogP contribution in [0.2, 0.25) is 0 Å². The predicted molar refractivity (Wildman–Crippen MR) is 78.1 cm³/mol. The van der Waals surface area contributed by atoms with Crippen molar-refractivity contribution in [2.24, 2.45) is 0 Å². The molecule has 3 rings (SSSR count). The van der Waals surface area contributed by atoms with Gasteiger partial charge in [-0.3, -0.25) is 4.98 Å². The zero-order valence-corrected chi connectivity index (χ0v) is 11.2. The number of thioether (sulfide) groups is 1. The van der Waals surface area contributed by atoms with Crippen molar-refractivity contribution in [2.45, 2.75) is 29.4 Å². The van der Waals surface area contributed by atoms with E-state index in [2.05, 4.69) is 34.6 Å². The first-order valence-electron chi connectivity index (χ1n) is 6.63.